The summed E-state index contributed by atoms with van der Waals surface area (Å²) in [6.07, 6.45) is 5.16. The molecule has 9 heteroatoms. The number of para-hydroxylation sites is 1. The van der Waals surface area contributed by atoms with E-state index >= 15 is 0 Å². The summed E-state index contributed by atoms with van der Waals surface area (Å²) in [4.78, 5) is 21.0. The second-order valence-electron chi connectivity index (χ2n) is 7.00. The van der Waals surface area contributed by atoms with Crippen molar-refractivity contribution < 1.29 is 4.79 Å². The van der Waals surface area contributed by atoms with Crippen molar-refractivity contribution in [3.63, 3.8) is 0 Å². The highest BCUT2D eigenvalue weighted by molar-refractivity contribution is 14.0. The molecule has 0 saturated carbocycles. The van der Waals surface area contributed by atoms with Crippen LogP contribution in [0.25, 0.3) is 0 Å². The maximum absolute atomic E-state index is 12.5. The lowest BCUT2D eigenvalue weighted by Crippen LogP contribution is -2.49. The Kier molecular flexibility index (Phi) is 10.5. The molecule has 0 radical (unpaired) electrons. The number of guanidine groups is 1. The molecule has 1 aliphatic heterocycles. The maximum Gasteiger partial charge on any atom is 0.224 e. The number of hydrogen-bond donors (Lipinski definition) is 2. The first-order valence-corrected chi connectivity index (χ1v) is 10.3. The number of anilines is 1. The highest BCUT2D eigenvalue weighted by Crippen LogP contribution is 2.15. The minimum Gasteiger partial charge on any atom is -0.368 e. The van der Waals surface area contributed by atoms with E-state index in [0.717, 1.165) is 51.6 Å². The standard InChI is InChI=1S/C21H31N7O.HI/c1-22-21(23-10-5-13-28-14-6-11-25-28)24-12-9-20(29)27-17-15-26(16-18-27)19-7-3-2-4-8-19;/h2-4,6-8,11,14H,5,9-10,12-13,15-18H2,1H3,(H2,22,23,24);1H. The first-order valence-electron chi connectivity index (χ1n) is 10.3. The molecule has 1 fully saturated rings. The van der Waals surface area contributed by atoms with Crippen LogP contribution in [0.15, 0.2) is 53.8 Å². The van der Waals surface area contributed by atoms with Gasteiger partial charge in [-0.1, -0.05) is 18.2 Å². The van der Waals surface area contributed by atoms with Crippen molar-refractivity contribution in [3.8, 4) is 0 Å². The van der Waals surface area contributed by atoms with Crippen LogP contribution >= 0.6 is 24.0 Å². The fraction of sp³-hybridized carbons (Fsp3) is 0.476. The van der Waals surface area contributed by atoms with Crippen molar-refractivity contribution in [1.29, 1.82) is 0 Å². The van der Waals surface area contributed by atoms with Gasteiger partial charge in [-0.25, -0.2) is 0 Å². The Hall–Kier alpha value is -2.30. The van der Waals surface area contributed by atoms with Gasteiger partial charge in [0.1, 0.15) is 0 Å². The van der Waals surface area contributed by atoms with E-state index in [-0.39, 0.29) is 29.9 Å². The number of benzene rings is 1. The van der Waals surface area contributed by atoms with Crippen molar-refractivity contribution in [2.24, 2.45) is 4.99 Å². The fourth-order valence-electron chi connectivity index (χ4n) is 3.40. The Morgan fingerprint density at radius 3 is 2.47 bits per heavy atom. The van der Waals surface area contributed by atoms with Crippen LogP contribution < -0.4 is 15.5 Å². The summed E-state index contributed by atoms with van der Waals surface area (Å²) in [6.45, 7) is 5.55. The molecule has 2 aromatic rings. The third kappa shape index (κ3) is 7.51. The molecule has 1 amide bonds. The van der Waals surface area contributed by atoms with Gasteiger partial charge in [0.15, 0.2) is 5.96 Å². The lowest BCUT2D eigenvalue weighted by atomic mass is 10.2. The number of carbonyl (C=O) groups is 1. The first-order chi connectivity index (χ1) is 14.3. The zero-order valence-corrected chi connectivity index (χ0v) is 19.9. The molecule has 30 heavy (non-hydrogen) atoms. The maximum atomic E-state index is 12.5. The molecule has 0 bridgehead atoms. The molecule has 0 aliphatic carbocycles. The fourth-order valence-corrected chi connectivity index (χ4v) is 3.40. The predicted molar refractivity (Wildman–Crippen MR) is 131 cm³/mol. The second-order valence-corrected chi connectivity index (χ2v) is 7.00. The Bertz CT molecular complexity index is 759. The third-order valence-electron chi connectivity index (χ3n) is 5.02. The van der Waals surface area contributed by atoms with Gasteiger partial charge in [0.2, 0.25) is 5.91 Å². The Morgan fingerprint density at radius 2 is 1.80 bits per heavy atom. The van der Waals surface area contributed by atoms with Crippen molar-refractivity contribution in [2.75, 3.05) is 51.2 Å². The highest BCUT2D eigenvalue weighted by atomic mass is 127. The minimum atomic E-state index is 0. The first kappa shape index (κ1) is 24.0. The summed E-state index contributed by atoms with van der Waals surface area (Å²) >= 11 is 0. The number of aryl methyl sites for hydroxylation is 1. The summed E-state index contributed by atoms with van der Waals surface area (Å²) in [6, 6.07) is 12.3. The largest absolute Gasteiger partial charge is 0.368 e. The van der Waals surface area contributed by atoms with E-state index in [4.69, 9.17) is 0 Å². The number of hydrogen-bond acceptors (Lipinski definition) is 4. The molecule has 8 nitrogen and oxygen atoms in total. The van der Waals surface area contributed by atoms with Gasteiger partial charge in [-0.15, -0.1) is 24.0 Å². The number of aliphatic imine (C=N–C) groups is 1. The zero-order chi connectivity index (χ0) is 20.3. The van der Waals surface area contributed by atoms with Gasteiger partial charge in [-0.3, -0.25) is 14.5 Å². The molecule has 1 aromatic heterocycles. The number of rotatable bonds is 8. The summed E-state index contributed by atoms with van der Waals surface area (Å²) in [5, 5.41) is 10.7. The molecule has 0 atom stereocenters. The van der Waals surface area contributed by atoms with Crippen molar-refractivity contribution in [2.45, 2.75) is 19.4 Å². The van der Waals surface area contributed by atoms with Crippen molar-refractivity contribution in [3.05, 3.63) is 48.8 Å². The van der Waals surface area contributed by atoms with E-state index in [0.29, 0.717) is 13.0 Å². The van der Waals surface area contributed by atoms with Crippen LogP contribution in [-0.2, 0) is 11.3 Å². The lowest BCUT2D eigenvalue weighted by Gasteiger charge is -2.36. The number of nitrogens with zero attached hydrogens (tertiary/aromatic N) is 5. The number of halogens is 1. The molecule has 2 heterocycles. The third-order valence-corrected chi connectivity index (χ3v) is 5.02. The quantitative estimate of drug-likeness (QED) is 0.238. The molecular formula is C21H32IN7O. The topological polar surface area (TPSA) is 77.8 Å². The van der Waals surface area contributed by atoms with Gasteiger partial charge in [0, 0.05) is 77.4 Å². The van der Waals surface area contributed by atoms with E-state index in [1.165, 1.54) is 5.69 Å². The zero-order valence-electron chi connectivity index (χ0n) is 17.5. The van der Waals surface area contributed by atoms with Crippen LogP contribution in [0.5, 0.6) is 0 Å². The summed E-state index contributed by atoms with van der Waals surface area (Å²) < 4.78 is 1.91. The highest BCUT2D eigenvalue weighted by Gasteiger charge is 2.20. The number of piperazine rings is 1. The summed E-state index contributed by atoms with van der Waals surface area (Å²) in [5.41, 5.74) is 1.23. The van der Waals surface area contributed by atoms with E-state index in [2.05, 4.69) is 49.9 Å². The summed E-state index contributed by atoms with van der Waals surface area (Å²) in [5.74, 6) is 0.923. The molecule has 1 aliphatic rings. The van der Waals surface area contributed by atoms with E-state index in [9.17, 15) is 4.79 Å². The molecule has 164 valence electrons. The van der Waals surface area contributed by atoms with Gasteiger partial charge in [0.05, 0.1) is 0 Å². The van der Waals surface area contributed by atoms with Crippen molar-refractivity contribution in [1.82, 2.24) is 25.3 Å². The molecule has 3 rings (SSSR count). The SMILES string of the molecule is CN=C(NCCCn1cccn1)NCCC(=O)N1CCN(c2ccccc2)CC1.I. The van der Waals surface area contributed by atoms with Gasteiger partial charge in [-0.2, -0.15) is 5.10 Å². The monoisotopic (exact) mass is 525 g/mol. The van der Waals surface area contributed by atoms with Crippen LogP contribution in [0.2, 0.25) is 0 Å². The van der Waals surface area contributed by atoms with Crippen molar-refractivity contribution >= 4 is 41.5 Å². The summed E-state index contributed by atoms with van der Waals surface area (Å²) in [7, 11) is 1.74. The predicted octanol–water partition coefficient (Wildman–Crippen LogP) is 1.80. The average Bonchev–Trinajstić information content (AvgIpc) is 3.29. The molecule has 1 saturated heterocycles. The van der Waals surface area contributed by atoms with Crippen LogP contribution in [-0.4, -0.2) is 72.9 Å². The van der Waals surface area contributed by atoms with Crippen LogP contribution in [0.1, 0.15) is 12.8 Å². The number of nitrogens with one attached hydrogen (secondary N) is 2. The molecular weight excluding hydrogens is 493 g/mol. The van der Waals surface area contributed by atoms with Gasteiger partial charge in [-0.05, 0) is 24.6 Å². The number of amides is 1. The molecule has 0 unspecified atom stereocenters. The van der Waals surface area contributed by atoms with E-state index in [1.807, 2.05) is 27.9 Å². The molecule has 0 spiro atoms. The minimum absolute atomic E-state index is 0. The van der Waals surface area contributed by atoms with Crippen LogP contribution in [0, 0.1) is 0 Å². The van der Waals surface area contributed by atoms with E-state index < -0.39 is 0 Å². The second kappa shape index (κ2) is 13.1. The van der Waals surface area contributed by atoms with E-state index in [1.54, 1.807) is 13.2 Å². The van der Waals surface area contributed by atoms with Crippen LogP contribution in [0.4, 0.5) is 5.69 Å². The Balaban J connectivity index is 0.00000320. The smallest absolute Gasteiger partial charge is 0.224 e. The number of aromatic nitrogens is 2. The van der Waals surface area contributed by atoms with Gasteiger partial charge >= 0.3 is 0 Å². The lowest BCUT2D eigenvalue weighted by molar-refractivity contribution is -0.131. The molecule has 2 N–H and O–H groups in total. The normalized spacial score (nSPS) is 14.2. The van der Waals surface area contributed by atoms with Crippen LogP contribution in [0.3, 0.4) is 0 Å². The average molecular weight is 525 g/mol. The molecule has 1 aromatic carbocycles. The number of carbonyl (C=O) groups excluding carboxylic acids is 1. The van der Waals surface area contributed by atoms with Gasteiger partial charge in [0.25, 0.3) is 0 Å². The Labute approximate surface area is 195 Å². The Morgan fingerprint density at radius 1 is 1.07 bits per heavy atom. The van der Waals surface area contributed by atoms with Gasteiger partial charge < -0.3 is 20.4 Å².